The number of hydrogen-bond donors (Lipinski definition) is 3. The molecule has 0 amide bonds. The van der Waals surface area contributed by atoms with Crippen molar-refractivity contribution in [2.75, 3.05) is 19.6 Å². The molecule has 4 heteroatoms. The lowest BCUT2D eigenvalue weighted by atomic mass is 10.4. The average Bonchev–Trinajstić information content (AvgIpc) is 1.89. The van der Waals surface area contributed by atoms with E-state index in [-0.39, 0.29) is 12.3 Å². The Labute approximate surface area is 60.6 Å². The second kappa shape index (κ2) is 6.67. The predicted octanol–water partition coefficient (Wildman–Crippen LogP) is -0.466. The molecule has 3 N–H and O–H groups in total. The Morgan fingerprint density at radius 2 is 2.20 bits per heavy atom. The number of nitrogens with one attached hydrogen (secondary N) is 2. The normalized spacial score (nSPS) is 9.80. The fourth-order valence-electron chi connectivity index (χ4n) is 0.555. The highest BCUT2D eigenvalue weighted by Gasteiger charge is 1.97. The van der Waals surface area contributed by atoms with Crippen molar-refractivity contribution in [2.24, 2.45) is 0 Å². The van der Waals surface area contributed by atoms with Crippen LogP contribution < -0.4 is 10.8 Å². The summed E-state index contributed by atoms with van der Waals surface area (Å²) in [5, 5.41) is 11.0. The molecule has 0 saturated heterocycles. The van der Waals surface area contributed by atoms with E-state index < -0.39 is 0 Å². The van der Waals surface area contributed by atoms with Crippen molar-refractivity contribution in [3.8, 4) is 0 Å². The Morgan fingerprint density at radius 3 is 2.70 bits per heavy atom. The molecular formula is C6H14N2O2. The zero-order valence-electron chi connectivity index (χ0n) is 6.18. The third kappa shape index (κ3) is 5.68. The average molecular weight is 146 g/mol. The first kappa shape index (κ1) is 9.55. The summed E-state index contributed by atoms with van der Waals surface area (Å²) in [5.74, 6) is -0.0315. The number of hydrogen-bond acceptors (Lipinski definition) is 4. The van der Waals surface area contributed by atoms with Gasteiger partial charge in [-0.3, -0.25) is 4.79 Å². The molecule has 0 rings (SSSR count). The van der Waals surface area contributed by atoms with Crippen LogP contribution in [-0.2, 0) is 4.79 Å². The fourth-order valence-corrected chi connectivity index (χ4v) is 0.555. The summed E-state index contributed by atoms with van der Waals surface area (Å²) in [5.41, 5.74) is 1.80. The lowest BCUT2D eigenvalue weighted by Gasteiger charge is -1.99. The van der Waals surface area contributed by atoms with E-state index >= 15 is 0 Å². The summed E-state index contributed by atoms with van der Waals surface area (Å²) < 4.78 is 0. The van der Waals surface area contributed by atoms with Gasteiger partial charge in [0.15, 0.2) is 5.78 Å². The second-order valence-corrected chi connectivity index (χ2v) is 2.05. The molecule has 60 valence electrons. The topological polar surface area (TPSA) is 61.4 Å². The van der Waals surface area contributed by atoms with Gasteiger partial charge in [0.1, 0.15) is 0 Å². The second-order valence-electron chi connectivity index (χ2n) is 2.05. The highest BCUT2D eigenvalue weighted by Crippen LogP contribution is 1.70. The zero-order chi connectivity index (χ0) is 7.82. The first-order valence-electron chi connectivity index (χ1n) is 3.40. The number of carbonyl (C=O) groups excluding carboxylic acids is 1. The van der Waals surface area contributed by atoms with Crippen LogP contribution >= 0.6 is 0 Å². The molecule has 0 radical (unpaired) electrons. The summed E-state index contributed by atoms with van der Waals surface area (Å²) in [4.78, 5) is 10.6. The maximum absolute atomic E-state index is 10.6. The molecule has 0 bridgehead atoms. The van der Waals surface area contributed by atoms with Crippen molar-refractivity contribution in [3.63, 3.8) is 0 Å². The maximum Gasteiger partial charge on any atom is 0.162 e. The van der Waals surface area contributed by atoms with Crippen LogP contribution in [-0.4, -0.2) is 30.6 Å². The van der Waals surface area contributed by atoms with E-state index in [9.17, 15) is 4.79 Å². The Hall–Kier alpha value is -0.450. The molecule has 0 saturated carbocycles. The van der Waals surface area contributed by atoms with Crippen LogP contribution in [0.15, 0.2) is 0 Å². The SMILES string of the molecule is CCCNCC(=O)CNO. The minimum atomic E-state index is -0.0315. The van der Waals surface area contributed by atoms with Crippen LogP contribution in [0.25, 0.3) is 0 Å². The van der Waals surface area contributed by atoms with Crippen molar-refractivity contribution in [2.45, 2.75) is 13.3 Å². The monoisotopic (exact) mass is 146 g/mol. The van der Waals surface area contributed by atoms with Crippen molar-refractivity contribution in [1.82, 2.24) is 10.8 Å². The van der Waals surface area contributed by atoms with Crippen LogP contribution in [0.2, 0.25) is 0 Å². The van der Waals surface area contributed by atoms with E-state index in [0.29, 0.717) is 6.54 Å². The quantitative estimate of drug-likeness (QED) is 0.350. The van der Waals surface area contributed by atoms with E-state index in [1.54, 1.807) is 5.48 Å². The maximum atomic E-state index is 10.6. The largest absolute Gasteiger partial charge is 0.316 e. The highest BCUT2D eigenvalue weighted by molar-refractivity contribution is 5.82. The molecule has 10 heavy (non-hydrogen) atoms. The Balaban J connectivity index is 3.05. The zero-order valence-corrected chi connectivity index (χ0v) is 6.18. The van der Waals surface area contributed by atoms with Gasteiger partial charge in [-0.25, -0.2) is 0 Å². The molecule has 0 aromatic carbocycles. The summed E-state index contributed by atoms with van der Waals surface area (Å²) in [6.07, 6.45) is 1.01. The lowest BCUT2D eigenvalue weighted by molar-refractivity contribution is -0.118. The van der Waals surface area contributed by atoms with E-state index in [1.807, 2.05) is 6.92 Å². The summed E-state index contributed by atoms with van der Waals surface area (Å²) in [7, 11) is 0. The lowest BCUT2D eigenvalue weighted by Crippen LogP contribution is -2.30. The van der Waals surface area contributed by atoms with Crippen molar-refractivity contribution >= 4 is 5.78 Å². The third-order valence-corrected chi connectivity index (χ3v) is 1.03. The molecule has 0 aliphatic rings. The van der Waals surface area contributed by atoms with Crippen LogP contribution in [0.1, 0.15) is 13.3 Å². The Bertz CT molecular complexity index is 95.7. The number of Topliss-reactive ketones (excluding diaryl/α,β-unsaturated/α-hetero) is 1. The van der Waals surface area contributed by atoms with Gasteiger partial charge in [-0.15, -0.1) is 0 Å². The molecule has 0 aromatic rings. The van der Waals surface area contributed by atoms with E-state index in [4.69, 9.17) is 5.21 Å². The minimum Gasteiger partial charge on any atom is -0.316 e. The highest BCUT2D eigenvalue weighted by atomic mass is 16.5. The van der Waals surface area contributed by atoms with Gasteiger partial charge in [-0.1, -0.05) is 6.92 Å². The minimum absolute atomic E-state index is 0.0245. The van der Waals surface area contributed by atoms with Gasteiger partial charge < -0.3 is 10.5 Å². The van der Waals surface area contributed by atoms with Crippen LogP contribution in [0.3, 0.4) is 0 Å². The molecule has 0 unspecified atom stereocenters. The number of ketones is 1. The first-order chi connectivity index (χ1) is 4.81. The summed E-state index contributed by atoms with van der Waals surface area (Å²) in [6.45, 7) is 3.23. The van der Waals surface area contributed by atoms with Gasteiger partial charge in [-0.2, -0.15) is 5.48 Å². The van der Waals surface area contributed by atoms with Crippen LogP contribution in [0.5, 0.6) is 0 Å². The first-order valence-corrected chi connectivity index (χ1v) is 3.40. The molecule has 0 aliphatic carbocycles. The third-order valence-electron chi connectivity index (χ3n) is 1.03. The molecular weight excluding hydrogens is 132 g/mol. The molecule has 0 spiro atoms. The Kier molecular flexibility index (Phi) is 6.37. The Morgan fingerprint density at radius 1 is 1.50 bits per heavy atom. The van der Waals surface area contributed by atoms with Crippen LogP contribution in [0, 0.1) is 0 Å². The molecule has 0 aromatic heterocycles. The fraction of sp³-hybridized carbons (Fsp3) is 0.833. The number of rotatable bonds is 6. The van der Waals surface area contributed by atoms with E-state index in [2.05, 4.69) is 5.32 Å². The predicted molar refractivity (Wildman–Crippen MR) is 38.0 cm³/mol. The van der Waals surface area contributed by atoms with Gasteiger partial charge in [0.05, 0.1) is 13.1 Å². The number of carbonyl (C=O) groups is 1. The molecule has 0 fully saturated rings. The van der Waals surface area contributed by atoms with E-state index in [1.165, 1.54) is 0 Å². The molecule has 4 nitrogen and oxygen atoms in total. The molecule has 0 atom stereocenters. The van der Waals surface area contributed by atoms with Gasteiger partial charge in [-0.05, 0) is 13.0 Å². The smallest absolute Gasteiger partial charge is 0.162 e. The molecule has 0 aliphatic heterocycles. The van der Waals surface area contributed by atoms with Gasteiger partial charge in [0, 0.05) is 0 Å². The number of hydroxylamine groups is 1. The van der Waals surface area contributed by atoms with Crippen LogP contribution in [0.4, 0.5) is 0 Å². The van der Waals surface area contributed by atoms with Crippen molar-refractivity contribution in [1.29, 1.82) is 0 Å². The van der Waals surface area contributed by atoms with Gasteiger partial charge in [0.2, 0.25) is 0 Å². The van der Waals surface area contributed by atoms with Gasteiger partial charge >= 0.3 is 0 Å². The summed E-state index contributed by atoms with van der Waals surface area (Å²) >= 11 is 0. The van der Waals surface area contributed by atoms with Crippen molar-refractivity contribution in [3.05, 3.63) is 0 Å². The van der Waals surface area contributed by atoms with Crippen molar-refractivity contribution < 1.29 is 10.0 Å². The molecule has 0 heterocycles. The van der Waals surface area contributed by atoms with Gasteiger partial charge in [0.25, 0.3) is 0 Å². The standard InChI is InChI=1S/C6H14N2O2/c1-2-3-7-4-6(9)5-8-10/h7-8,10H,2-5H2,1H3. The van der Waals surface area contributed by atoms with E-state index in [0.717, 1.165) is 13.0 Å². The summed E-state index contributed by atoms with van der Waals surface area (Å²) in [6, 6.07) is 0.